The molecule has 1 aromatic heterocycles. The Morgan fingerprint density at radius 3 is 2.59 bits per heavy atom. The zero-order chi connectivity index (χ0) is 12.3. The summed E-state index contributed by atoms with van der Waals surface area (Å²) in [5.74, 6) is 0.861. The van der Waals surface area contributed by atoms with E-state index in [4.69, 9.17) is 4.74 Å². The summed E-state index contributed by atoms with van der Waals surface area (Å²) in [5, 5.41) is 2.77. The van der Waals surface area contributed by atoms with Gasteiger partial charge in [0.1, 0.15) is 11.4 Å². The van der Waals surface area contributed by atoms with Crippen molar-refractivity contribution in [3.8, 4) is 5.75 Å². The second-order valence-electron chi connectivity index (χ2n) is 3.71. The number of rotatable bonds is 4. The van der Waals surface area contributed by atoms with Crippen LogP contribution in [0.4, 0.5) is 0 Å². The van der Waals surface area contributed by atoms with Crippen molar-refractivity contribution >= 4 is 17.1 Å². The molecule has 88 valence electrons. The largest absolute Gasteiger partial charge is 0.497 e. The molecule has 4 heteroatoms. The number of benzene rings is 1. The summed E-state index contributed by atoms with van der Waals surface area (Å²) in [4.78, 5) is 15.4. The Kier molecular flexibility index (Phi) is 3.54. The van der Waals surface area contributed by atoms with Gasteiger partial charge in [0.25, 0.3) is 0 Å². The summed E-state index contributed by atoms with van der Waals surface area (Å²) in [5.41, 5.74) is 1.72. The predicted octanol–water partition coefficient (Wildman–Crippen LogP) is 2.95. The fraction of sp³-hybridized carbons (Fsp3) is 0.231. The maximum absolute atomic E-state index is 11.1. The molecule has 0 N–H and O–H groups in total. The van der Waals surface area contributed by atoms with Crippen molar-refractivity contribution in [1.29, 1.82) is 0 Å². The topological polar surface area (TPSA) is 39.2 Å². The molecule has 1 aromatic carbocycles. The summed E-state index contributed by atoms with van der Waals surface area (Å²) in [6.45, 7) is 1.53. The van der Waals surface area contributed by atoms with Crippen molar-refractivity contribution in [1.82, 2.24) is 4.98 Å². The molecule has 0 aliphatic heterocycles. The molecule has 0 fully saturated rings. The molecule has 0 spiro atoms. The van der Waals surface area contributed by atoms with Crippen LogP contribution in [0.1, 0.15) is 28.0 Å². The van der Waals surface area contributed by atoms with Gasteiger partial charge in [0.05, 0.1) is 12.1 Å². The van der Waals surface area contributed by atoms with E-state index in [-0.39, 0.29) is 5.78 Å². The normalized spacial score (nSPS) is 10.2. The van der Waals surface area contributed by atoms with E-state index < -0.39 is 0 Å². The first-order valence-corrected chi connectivity index (χ1v) is 6.15. The van der Waals surface area contributed by atoms with Crippen molar-refractivity contribution in [3.63, 3.8) is 0 Å². The van der Waals surface area contributed by atoms with E-state index in [0.717, 1.165) is 22.7 Å². The number of nitrogens with zero attached hydrogens (tertiary/aromatic N) is 1. The monoisotopic (exact) mass is 247 g/mol. The number of hydrogen-bond acceptors (Lipinski definition) is 4. The molecule has 0 saturated carbocycles. The standard InChI is InChI=1S/C13H13NO2S/c1-9(15)12-8-17-13(14-12)7-10-3-5-11(16-2)6-4-10/h3-6,8H,7H2,1-2H3. The second kappa shape index (κ2) is 5.10. The fourth-order valence-corrected chi connectivity index (χ4v) is 2.34. The van der Waals surface area contributed by atoms with Gasteiger partial charge in [-0.3, -0.25) is 4.79 Å². The summed E-state index contributed by atoms with van der Waals surface area (Å²) in [7, 11) is 1.65. The smallest absolute Gasteiger partial charge is 0.178 e. The van der Waals surface area contributed by atoms with Crippen molar-refractivity contribution < 1.29 is 9.53 Å². The minimum atomic E-state index is 0.0160. The zero-order valence-electron chi connectivity index (χ0n) is 9.77. The Morgan fingerprint density at radius 1 is 1.35 bits per heavy atom. The van der Waals surface area contributed by atoms with Gasteiger partial charge in [-0.25, -0.2) is 4.98 Å². The van der Waals surface area contributed by atoms with E-state index in [9.17, 15) is 4.79 Å². The van der Waals surface area contributed by atoms with Crippen molar-refractivity contribution in [3.05, 3.63) is 45.9 Å². The average Bonchev–Trinajstić information content (AvgIpc) is 2.79. The van der Waals surface area contributed by atoms with Crippen molar-refractivity contribution in [2.75, 3.05) is 7.11 Å². The van der Waals surface area contributed by atoms with E-state index in [1.165, 1.54) is 18.3 Å². The molecule has 2 aromatic rings. The van der Waals surface area contributed by atoms with E-state index >= 15 is 0 Å². The maximum atomic E-state index is 11.1. The number of carbonyl (C=O) groups excluding carboxylic acids is 1. The minimum absolute atomic E-state index is 0.0160. The van der Waals surface area contributed by atoms with Gasteiger partial charge in [-0.2, -0.15) is 0 Å². The Bertz CT molecular complexity index is 516. The average molecular weight is 247 g/mol. The molecule has 0 amide bonds. The van der Waals surface area contributed by atoms with Crippen LogP contribution in [0.5, 0.6) is 5.75 Å². The van der Waals surface area contributed by atoms with Gasteiger partial charge in [0.15, 0.2) is 5.78 Å². The van der Waals surface area contributed by atoms with E-state index in [1.807, 2.05) is 24.3 Å². The summed E-state index contributed by atoms with van der Waals surface area (Å²) in [6, 6.07) is 7.87. The second-order valence-corrected chi connectivity index (χ2v) is 4.65. The highest BCUT2D eigenvalue weighted by molar-refractivity contribution is 7.09. The first kappa shape index (κ1) is 11.8. The number of ketones is 1. The Balaban J connectivity index is 2.11. The summed E-state index contributed by atoms with van der Waals surface area (Å²) < 4.78 is 5.10. The fourth-order valence-electron chi connectivity index (χ4n) is 1.47. The van der Waals surface area contributed by atoms with Crippen molar-refractivity contribution in [2.24, 2.45) is 0 Å². The van der Waals surface area contributed by atoms with Crippen LogP contribution in [0.15, 0.2) is 29.6 Å². The Labute approximate surface area is 104 Å². The highest BCUT2D eigenvalue weighted by atomic mass is 32.1. The number of hydrogen-bond donors (Lipinski definition) is 0. The van der Waals surface area contributed by atoms with Crippen LogP contribution < -0.4 is 4.74 Å². The van der Waals surface area contributed by atoms with Crippen LogP contribution in [0.3, 0.4) is 0 Å². The molecular formula is C13H13NO2S. The summed E-state index contributed by atoms with van der Waals surface area (Å²) in [6.07, 6.45) is 0.752. The number of aromatic nitrogens is 1. The SMILES string of the molecule is COc1ccc(Cc2nc(C(C)=O)cs2)cc1. The maximum Gasteiger partial charge on any atom is 0.178 e. The van der Waals surface area contributed by atoms with Crippen LogP contribution in [0.25, 0.3) is 0 Å². The van der Waals surface area contributed by atoms with Gasteiger partial charge >= 0.3 is 0 Å². The van der Waals surface area contributed by atoms with Crippen LogP contribution in [-0.4, -0.2) is 17.9 Å². The zero-order valence-corrected chi connectivity index (χ0v) is 10.6. The van der Waals surface area contributed by atoms with Gasteiger partial charge in [0, 0.05) is 18.7 Å². The minimum Gasteiger partial charge on any atom is -0.497 e. The Morgan fingerprint density at radius 2 is 2.06 bits per heavy atom. The lowest BCUT2D eigenvalue weighted by Gasteiger charge is -2.01. The summed E-state index contributed by atoms with van der Waals surface area (Å²) >= 11 is 1.52. The number of thiazole rings is 1. The van der Waals surface area contributed by atoms with Crippen LogP contribution in [-0.2, 0) is 6.42 Å². The first-order chi connectivity index (χ1) is 8.19. The van der Waals surface area contributed by atoms with E-state index in [1.54, 1.807) is 12.5 Å². The number of ether oxygens (including phenoxy) is 1. The highest BCUT2D eigenvalue weighted by Gasteiger charge is 2.06. The third-order valence-corrected chi connectivity index (χ3v) is 3.28. The molecule has 3 nitrogen and oxygen atoms in total. The van der Waals surface area contributed by atoms with Crippen molar-refractivity contribution in [2.45, 2.75) is 13.3 Å². The molecule has 0 aliphatic carbocycles. The molecule has 0 bridgehead atoms. The lowest BCUT2D eigenvalue weighted by atomic mass is 10.1. The van der Waals surface area contributed by atoms with Gasteiger partial charge in [-0.05, 0) is 17.7 Å². The van der Waals surface area contributed by atoms with Gasteiger partial charge in [-0.1, -0.05) is 12.1 Å². The molecular weight excluding hydrogens is 234 g/mol. The number of Topliss-reactive ketones (excluding diaryl/α,β-unsaturated/α-hetero) is 1. The lowest BCUT2D eigenvalue weighted by Crippen LogP contribution is -1.93. The molecule has 0 atom stereocenters. The predicted molar refractivity (Wildman–Crippen MR) is 67.9 cm³/mol. The van der Waals surface area contributed by atoms with Crippen LogP contribution in [0, 0.1) is 0 Å². The quantitative estimate of drug-likeness (QED) is 0.780. The first-order valence-electron chi connectivity index (χ1n) is 5.27. The van der Waals surface area contributed by atoms with E-state index in [2.05, 4.69) is 4.98 Å². The number of carbonyl (C=O) groups is 1. The van der Waals surface area contributed by atoms with Gasteiger partial charge in [-0.15, -0.1) is 11.3 Å². The molecule has 0 saturated heterocycles. The lowest BCUT2D eigenvalue weighted by molar-refractivity contribution is 0.101. The molecule has 1 heterocycles. The van der Waals surface area contributed by atoms with E-state index in [0.29, 0.717) is 5.69 Å². The molecule has 0 aliphatic rings. The van der Waals surface area contributed by atoms with Gasteiger partial charge in [0.2, 0.25) is 0 Å². The molecule has 0 unspecified atom stereocenters. The molecule has 0 radical (unpaired) electrons. The third-order valence-electron chi connectivity index (χ3n) is 2.43. The van der Waals surface area contributed by atoms with Gasteiger partial charge < -0.3 is 4.74 Å². The highest BCUT2D eigenvalue weighted by Crippen LogP contribution is 2.17. The number of methoxy groups -OCH3 is 1. The van der Waals surface area contributed by atoms with Crippen LogP contribution >= 0.6 is 11.3 Å². The molecule has 17 heavy (non-hydrogen) atoms. The molecule has 2 rings (SSSR count). The third kappa shape index (κ3) is 2.91. The van der Waals surface area contributed by atoms with Crippen LogP contribution in [0.2, 0.25) is 0 Å². The Hall–Kier alpha value is -1.68.